The summed E-state index contributed by atoms with van der Waals surface area (Å²) in [6.45, 7) is 8.13. The average Bonchev–Trinajstić information content (AvgIpc) is 2.80. The molecular weight excluding hydrogens is 438 g/mol. The Morgan fingerprint density at radius 2 is 1.67 bits per heavy atom. The van der Waals surface area contributed by atoms with Crippen molar-refractivity contribution in [2.24, 2.45) is 5.92 Å². The summed E-state index contributed by atoms with van der Waals surface area (Å²) in [6, 6.07) is 16.7. The lowest BCUT2D eigenvalue weighted by atomic mass is 9.95. The van der Waals surface area contributed by atoms with Crippen LogP contribution in [0.5, 0.6) is 5.75 Å². The summed E-state index contributed by atoms with van der Waals surface area (Å²) in [4.78, 5) is 15.4. The molecule has 3 rings (SSSR count). The number of rotatable bonds is 10. The van der Waals surface area contributed by atoms with Crippen LogP contribution in [0.1, 0.15) is 45.6 Å². The fourth-order valence-electron chi connectivity index (χ4n) is 4.17. The highest BCUT2D eigenvalue weighted by atomic mass is 32.2. The normalized spacial score (nSPS) is 16.5. The summed E-state index contributed by atoms with van der Waals surface area (Å²) in [5, 5.41) is 0. The molecule has 1 heterocycles. The van der Waals surface area contributed by atoms with Crippen LogP contribution in [-0.4, -0.2) is 50.3 Å². The Balaban J connectivity index is 1.87. The standard InChI is InChI=1S/C26H35NO5S/c1-4-31-25(28)26(15-17-27(18-16-26)20-22-10-6-5-7-11-22)33(29,30)24-13-9-8-12-23(24)32-19-14-21(2)3/h5-13,21H,4,14-20H2,1-3H3. The maximum absolute atomic E-state index is 14.0. The Kier molecular flexibility index (Phi) is 8.54. The van der Waals surface area contributed by atoms with Crippen molar-refractivity contribution in [3.05, 3.63) is 60.2 Å². The molecule has 7 heteroatoms. The zero-order valence-electron chi connectivity index (χ0n) is 19.8. The van der Waals surface area contributed by atoms with Crippen LogP contribution in [0.15, 0.2) is 59.5 Å². The van der Waals surface area contributed by atoms with Crippen molar-refractivity contribution in [3.8, 4) is 5.75 Å². The first-order valence-corrected chi connectivity index (χ1v) is 13.2. The first-order valence-electron chi connectivity index (χ1n) is 11.7. The number of carbonyl (C=O) groups is 1. The largest absolute Gasteiger partial charge is 0.492 e. The van der Waals surface area contributed by atoms with E-state index in [1.807, 2.05) is 18.2 Å². The molecule has 0 aliphatic carbocycles. The van der Waals surface area contributed by atoms with E-state index in [1.165, 1.54) is 6.07 Å². The summed E-state index contributed by atoms with van der Waals surface area (Å²) in [5.41, 5.74) is 1.16. The van der Waals surface area contributed by atoms with Gasteiger partial charge in [0, 0.05) is 19.6 Å². The molecule has 2 aromatic rings. The number of esters is 1. The Morgan fingerprint density at radius 3 is 2.30 bits per heavy atom. The quantitative estimate of drug-likeness (QED) is 0.474. The van der Waals surface area contributed by atoms with Gasteiger partial charge in [0.15, 0.2) is 14.6 Å². The van der Waals surface area contributed by atoms with Crippen LogP contribution in [0.25, 0.3) is 0 Å². The SMILES string of the molecule is CCOC(=O)C1(S(=O)(=O)c2ccccc2OCCC(C)C)CCN(Cc2ccccc2)CC1. The number of nitrogens with zero attached hydrogens (tertiary/aromatic N) is 1. The van der Waals surface area contributed by atoms with Crippen LogP contribution in [0.2, 0.25) is 0 Å². The second-order valence-electron chi connectivity index (χ2n) is 8.96. The number of sulfone groups is 1. The average molecular weight is 474 g/mol. The number of benzene rings is 2. The van der Waals surface area contributed by atoms with E-state index in [2.05, 4.69) is 30.9 Å². The maximum atomic E-state index is 14.0. The molecule has 0 unspecified atom stereocenters. The van der Waals surface area contributed by atoms with Crippen molar-refractivity contribution < 1.29 is 22.7 Å². The molecule has 1 fully saturated rings. The van der Waals surface area contributed by atoms with E-state index >= 15 is 0 Å². The van der Waals surface area contributed by atoms with Gasteiger partial charge in [0.25, 0.3) is 0 Å². The van der Waals surface area contributed by atoms with E-state index in [0.717, 1.165) is 12.0 Å². The molecule has 0 aromatic heterocycles. The van der Waals surface area contributed by atoms with Gasteiger partial charge in [-0.25, -0.2) is 8.42 Å². The zero-order chi connectivity index (χ0) is 23.9. The summed E-state index contributed by atoms with van der Waals surface area (Å²) < 4.78 is 37.6. The third kappa shape index (κ3) is 5.76. The van der Waals surface area contributed by atoms with Crippen molar-refractivity contribution in [2.45, 2.75) is 56.2 Å². The first kappa shape index (κ1) is 25.2. The lowest BCUT2D eigenvalue weighted by Gasteiger charge is -2.39. The van der Waals surface area contributed by atoms with Crippen molar-refractivity contribution in [2.75, 3.05) is 26.3 Å². The van der Waals surface area contributed by atoms with Crippen LogP contribution >= 0.6 is 0 Å². The van der Waals surface area contributed by atoms with Crippen molar-refractivity contribution in [3.63, 3.8) is 0 Å². The summed E-state index contributed by atoms with van der Waals surface area (Å²) in [5.74, 6) is 0.0727. The molecule has 33 heavy (non-hydrogen) atoms. The Labute approximate surface area is 197 Å². The van der Waals surface area contributed by atoms with E-state index in [1.54, 1.807) is 25.1 Å². The van der Waals surface area contributed by atoms with Crippen molar-refractivity contribution >= 4 is 15.8 Å². The monoisotopic (exact) mass is 473 g/mol. The van der Waals surface area contributed by atoms with Crippen LogP contribution < -0.4 is 4.74 Å². The number of hydrogen-bond donors (Lipinski definition) is 0. The maximum Gasteiger partial charge on any atom is 0.327 e. The van der Waals surface area contributed by atoms with Crippen LogP contribution in [0.4, 0.5) is 0 Å². The molecule has 2 aromatic carbocycles. The van der Waals surface area contributed by atoms with Crippen molar-refractivity contribution in [1.29, 1.82) is 0 Å². The van der Waals surface area contributed by atoms with Gasteiger partial charge in [-0.15, -0.1) is 0 Å². The van der Waals surface area contributed by atoms with Gasteiger partial charge in [-0.1, -0.05) is 56.3 Å². The van der Waals surface area contributed by atoms with Gasteiger partial charge in [-0.3, -0.25) is 9.69 Å². The fraction of sp³-hybridized carbons (Fsp3) is 0.500. The number of para-hydroxylation sites is 1. The number of piperidine rings is 1. The number of hydrogen-bond acceptors (Lipinski definition) is 6. The number of carbonyl (C=O) groups excluding carboxylic acids is 1. The minimum Gasteiger partial charge on any atom is -0.492 e. The first-order chi connectivity index (χ1) is 15.8. The smallest absolute Gasteiger partial charge is 0.327 e. The molecule has 0 atom stereocenters. The molecule has 0 N–H and O–H groups in total. The van der Waals surface area contributed by atoms with E-state index in [9.17, 15) is 13.2 Å². The summed E-state index contributed by atoms with van der Waals surface area (Å²) in [6.07, 6.45) is 1.18. The van der Waals surface area contributed by atoms with Crippen LogP contribution in [-0.2, 0) is 25.9 Å². The third-order valence-electron chi connectivity index (χ3n) is 6.17. The van der Waals surface area contributed by atoms with Gasteiger partial charge in [-0.2, -0.15) is 0 Å². The molecule has 180 valence electrons. The lowest BCUT2D eigenvalue weighted by molar-refractivity contribution is -0.147. The molecule has 1 aliphatic heterocycles. The van der Waals surface area contributed by atoms with E-state index in [-0.39, 0.29) is 24.3 Å². The van der Waals surface area contributed by atoms with Crippen LogP contribution in [0, 0.1) is 5.92 Å². The minimum absolute atomic E-state index is 0.0679. The second-order valence-corrected chi connectivity index (χ2v) is 11.2. The molecule has 1 aliphatic rings. The molecule has 0 radical (unpaired) electrons. The topological polar surface area (TPSA) is 72.9 Å². The molecule has 0 bridgehead atoms. The number of ether oxygens (including phenoxy) is 2. The molecule has 1 saturated heterocycles. The number of likely N-dealkylation sites (tertiary alicyclic amines) is 1. The van der Waals surface area contributed by atoms with Gasteiger partial charge < -0.3 is 9.47 Å². The lowest BCUT2D eigenvalue weighted by Crippen LogP contribution is -2.54. The Bertz CT molecular complexity index is 1010. The van der Waals surface area contributed by atoms with Gasteiger partial charge in [0.1, 0.15) is 10.6 Å². The molecule has 0 saturated carbocycles. The van der Waals surface area contributed by atoms with Gasteiger partial charge in [0.05, 0.1) is 13.2 Å². The molecular formula is C26H35NO5S. The van der Waals surface area contributed by atoms with E-state index < -0.39 is 20.6 Å². The summed E-state index contributed by atoms with van der Waals surface area (Å²) in [7, 11) is -4.05. The third-order valence-corrected chi connectivity index (χ3v) is 8.69. The molecule has 0 amide bonds. The fourth-order valence-corrected chi connectivity index (χ4v) is 6.23. The predicted octanol–water partition coefficient (Wildman–Crippen LogP) is 4.48. The minimum atomic E-state index is -4.05. The molecule has 6 nitrogen and oxygen atoms in total. The predicted molar refractivity (Wildman–Crippen MR) is 129 cm³/mol. The van der Waals surface area contributed by atoms with Gasteiger partial charge >= 0.3 is 5.97 Å². The Hall–Kier alpha value is -2.38. The zero-order valence-corrected chi connectivity index (χ0v) is 20.6. The second kappa shape index (κ2) is 11.2. The van der Waals surface area contributed by atoms with Gasteiger partial charge in [0.2, 0.25) is 0 Å². The van der Waals surface area contributed by atoms with E-state index in [4.69, 9.17) is 9.47 Å². The van der Waals surface area contributed by atoms with Crippen molar-refractivity contribution in [1.82, 2.24) is 4.90 Å². The van der Waals surface area contributed by atoms with Crippen LogP contribution in [0.3, 0.4) is 0 Å². The highest BCUT2D eigenvalue weighted by Gasteiger charge is 2.54. The van der Waals surface area contributed by atoms with Gasteiger partial charge in [-0.05, 0) is 49.8 Å². The van der Waals surface area contributed by atoms with E-state index in [0.29, 0.717) is 37.9 Å². The highest BCUT2D eigenvalue weighted by molar-refractivity contribution is 7.93. The highest BCUT2D eigenvalue weighted by Crippen LogP contribution is 2.40. The Morgan fingerprint density at radius 1 is 1.03 bits per heavy atom. The summed E-state index contributed by atoms with van der Waals surface area (Å²) >= 11 is 0. The molecule has 0 spiro atoms.